The van der Waals surface area contributed by atoms with Crippen LogP contribution in [0.25, 0.3) is 27.2 Å². The van der Waals surface area contributed by atoms with Crippen molar-refractivity contribution in [3.8, 4) is 5.69 Å². The second kappa shape index (κ2) is 4.85. The van der Waals surface area contributed by atoms with Gasteiger partial charge in [-0.1, -0.05) is 48.5 Å². The minimum Gasteiger partial charge on any atom is -0.283 e. The highest BCUT2D eigenvalue weighted by Gasteiger charge is 2.07. The quantitative estimate of drug-likeness (QED) is 0.506. The van der Waals surface area contributed by atoms with Crippen LogP contribution >= 0.6 is 0 Å². The average molecular weight is 285 g/mol. The van der Waals surface area contributed by atoms with Crippen LogP contribution in [-0.4, -0.2) is 4.57 Å². The highest BCUT2D eigenvalue weighted by atomic mass is 16.1. The Bertz CT molecular complexity index is 1060. The van der Waals surface area contributed by atoms with E-state index in [2.05, 4.69) is 24.3 Å². The second-order valence-electron chi connectivity index (χ2n) is 5.56. The zero-order valence-electron chi connectivity index (χ0n) is 12.3. The molecule has 0 aliphatic carbocycles. The molecule has 0 saturated heterocycles. The normalized spacial score (nSPS) is 11.1. The maximum atomic E-state index is 12.8. The minimum atomic E-state index is 0.0245. The first-order valence-corrected chi connectivity index (χ1v) is 7.34. The molecule has 0 unspecified atom stereocenters. The first-order valence-electron chi connectivity index (χ1n) is 7.34. The van der Waals surface area contributed by atoms with Crippen molar-refractivity contribution in [2.45, 2.75) is 6.92 Å². The molecular formula is C20H15NO. The molecule has 0 saturated carbocycles. The zero-order chi connectivity index (χ0) is 15.1. The SMILES string of the molecule is Cc1cn(-c2ccc3ccccc3c2)c(=O)c2ccccc12. The molecule has 2 heteroatoms. The molecular weight excluding hydrogens is 270 g/mol. The highest BCUT2D eigenvalue weighted by Crippen LogP contribution is 2.20. The summed E-state index contributed by atoms with van der Waals surface area (Å²) < 4.78 is 1.74. The summed E-state index contributed by atoms with van der Waals surface area (Å²) in [5, 5.41) is 4.09. The van der Waals surface area contributed by atoms with E-state index >= 15 is 0 Å². The van der Waals surface area contributed by atoms with Gasteiger partial charge in [0.15, 0.2) is 0 Å². The van der Waals surface area contributed by atoms with Gasteiger partial charge in [-0.3, -0.25) is 9.36 Å². The van der Waals surface area contributed by atoms with Crippen LogP contribution in [0.4, 0.5) is 0 Å². The summed E-state index contributed by atoms with van der Waals surface area (Å²) in [6.45, 7) is 2.04. The monoisotopic (exact) mass is 285 g/mol. The summed E-state index contributed by atoms with van der Waals surface area (Å²) >= 11 is 0. The van der Waals surface area contributed by atoms with Crippen molar-refractivity contribution in [1.82, 2.24) is 4.57 Å². The Labute approximate surface area is 128 Å². The van der Waals surface area contributed by atoms with E-state index < -0.39 is 0 Å². The van der Waals surface area contributed by atoms with Gasteiger partial charge in [-0.15, -0.1) is 0 Å². The van der Waals surface area contributed by atoms with Gasteiger partial charge in [0.05, 0.1) is 0 Å². The first kappa shape index (κ1) is 12.8. The van der Waals surface area contributed by atoms with Crippen LogP contribution in [-0.2, 0) is 0 Å². The average Bonchev–Trinajstić information content (AvgIpc) is 2.58. The van der Waals surface area contributed by atoms with E-state index in [-0.39, 0.29) is 5.56 Å². The molecule has 0 amide bonds. The number of hydrogen-bond donors (Lipinski definition) is 0. The fraction of sp³-hybridized carbons (Fsp3) is 0.0500. The number of aromatic nitrogens is 1. The number of hydrogen-bond acceptors (Lipinski definition) is 1. The largest absolute Gasteiger partial charge is 0.283 e. The molecule has 1 heterocycles. The number of rotatable bonds is 1. The van der Waals surface area contributed by atoms with Crippen molar-refractivity contribution in [3.05, 3.63) is 88.8 Å². The number of nitrogens with zero attached hydrogens (tertiary/aromatic N) is 1. The van der Waals surface area contributed by atoms with E-state index in [0.29, 0.717) is 0 Å². The van der Waals surface area contributed by atoms with Gasteiger partial charge in [0.2, 0.25) is 0 Å². The molecule has 0 aliphatic rings. The fourth-order valence-electron chi connectivity index (χ4n) is 2.98. The van der Waals surface area contributed by atoms with Crippen LogP contribution in [0, 0.1) is 6.92 Å². The van der Waals surface area contributed by atoms with Gasteiger partial charge in [-0.25, -0.2) is 0 Å². The lowest BCUT2D eigenvalue weighted by molar-refractivity contribution is 0.999. The summed E-state index contributed by atoms with van der Waals surface area (Å²) in [6, 6.07) is 22.1. The third-order valence-electron chi connectivity index (χ3n) is 4.14. The van der Waals surface area contributed by atoms with Crippen molar-refractivity contribution >= 4 is 21.5 Å². The molecule has 0 aliphatic heterocycles. The first-order chi connectivity index (χ1) is 10.7. The van der Waals surface area contributed by atoms with Crippen molar-refractivity contribution in [3.63, 3.8) is 0 Å². The summed E-state index contributed by atoms with van der Waals surface area (Å²) in [6.07, 6.45) is 1.93. The van der Waals surface area contributed by atoms with E-state index in [1.54, 1.807) is 4.57 Å². The lowest BCUT2D eigenvalue weighted by atomic mass is 10.1. The van der Waals surface area contributed by atoms with Crippen LogP contribution in [0.5, 0.6) is 0 Å². The van der Waals surface area contributed by atoms with Gasteiger partial charge in [0.1, 0.15) is 0 Å². The lowest BCUT2D eigenvalue weighted by Crippen LogP contribution is -2.18. The summed E-state index contributed by atoms with van der Waals surface area (Å²) in [5.74, 6) is 0. The van der Waals surface area contributed by atoms with Crippen LogP contribution in [0.1, 0.15) is 5.56 Å². The minimum absolute atomic E-state index is 0.0245. The van der Waals surface area contributed by atoms with Gasteiger partial charge in [-0.05, 0) is 46.8 Å². The Hall–Kier alpha value is -2.87. The van der Waals surface area contributed by atoms with E-state index in [9.17, 15) is 4.79 Å². The summed E-state index contributed by atoms with van der Waals surface area (Å²) in [4.78, 5) is 12.8. The molecule has 0 spiro atoms. The van der Waals surface area contributed by atoms with Gasteiger partial charge in [-0.2, -0.15) is 0 Å². The molecule has 0 N–H and O–H groups in total. The number of aryl methyl sites for hydroxylation is 1. The molecule has 2 nitrogen and oxygen atoms in total. The topological polar surface area (TPSA) is 22.0 Å². The van der Waals surface area contributed by atoms with Crippen LogP contribution in [0.3, 0.4) is 0 Å². The van der Waals surface area contributed by atoms with Gasteiger partial charge >= 0.3 is 0 Å². The van der Waals surface area contributed by atoms with E-state index in [4.69, 9.17) is 0 Å². The molecule has 0 fully saturated rings. The second-order valence-corrected chi connectivity index (χ2v) is 5.56. The van der Waals surface area contributed by atoms with Gasteiger partial charge in [0, 0.05) is 17.3 Å². The van der Waals surface area contributed by atoms with Crippen molar-refractivity contribution in [2.75, 3.05) is 0 Å². The molecule has 4 rings (SSSR count). The van der Waals surface area contributed by atoms with Crippen LogP contribution in [0.15, 0.2) is 77.7 Å². The maximum absolute atomic E-state index is 12.8. The Morgan fingerprint density at radius 1 is 0.773 bits per heavy atom. The molecule has 3 aromatic carbocycles. The Morgan fingerprint density at radius 3 is 2.27 bits per heavy atom. The standard InChI is InChI=1S/C20H15NO/c1-14-13-21(20(22)19-9-5-4-8-18(14)19)17-11-10-15-6-2-3-7-16(15)12-17/h2-13H,1H3. The van der Waals surface area contributed by atoms with E-state index in [0.717, 1.165) is 27.4 Å². The lowest BCUT2D eigenvalue weighted by Gasteiger charge is -2.11. The van der Waals surface area contributed by atoms with Crippen LogP contribution in [0.2, 0.25) is 0 Å². The predicted octanol–water partition coefficient (Wildman–Crippen LogP) is 4.45. The molecule has 0 bridgehead atoms. The smallest absolute Gasteiger partial charge is 0.262 e. The number of fused-ring (bicyclic) bond motifs is 2. The highest BCUT2D eigenvalue weighted by molar-refractivity contribution is 5.86. The third kappa shape index (κ3) is 1.92. The Balaban J connectivity index is 2.04. The van der Waals surface area contributed by atoms with Crippen molar-refractivity contribution in [1.29, 1.82) is 0 Å². The fourth-order valence-corrected chi connectivity index (χ4v) is 2.98. The number of benzene rings is 3. The molecule has 106 valence electrons. The molecule has 0 atom stereocenters. The maximum Gasteiger partial charge on any atom is 0.262 e. The molecule has 1 aromatic heterocycles. The van der Waals surface area contributed by atoms with E-state index in [1.165, 1.54) is 5.39 Å². The zero-order valence-corrected chi connectivity index (χ0v) is 12.3. The molecule has 22 heavy (non-hydrogen) atoms. The predicted molar refractivity (Wildman–Crippen MR) is 91.8 cm³/mol. The van der Waals surface area contributed by atoms with Crippen molar-refractivity contribution < 1.29 is 0 Å². The van der Waals surface area contributed by atoms with E-state index in [1.807, 2.05) is 55.6 Å². The Kier molecular flexibility index (Phi) is 2.83. The third-order valence-corrected chi connectivity index (χ3v) is 4.14. The summed E-state index contributed by atoms with van der Waals surface area (Å²) in [5.41, 5.74) is 2.03. The Morgan fingerprint density at radius 2 is 1.45 bits per heavy atom. The van der Waals surface area contributed by atoms with Crippen LogP contribution < -0.4 is 5.56 Å². The number of pyridine rings is 1. The van der Waals surface area contributed by atoms with Gasteiger partial charge in [0.25, 0.3) is 5.56 Å². The molecule has 4 aromatic rings. The van der Waals surface area contributed by atoms with Gasteiger partial charge < -0.3 is 0 Å². The molecule has 0 radical (unpaired) electrons. The summed E-state index contributed by atoms with van der Waals surface area (Å²) in [7, 11) is 0. The van der Waals surface area contributed by atoms with Crippen molar-refractivity contribution in [2.24, 2.45) is 0 Å².